The number of allylic oxidation sites excluding steroid dienone is 2. The van der Waals surface area contributed by atoms with E-state index < -0.39 is 47.2 Å². The first-order chi connectivity index (χ1) is 21.8. The number of carbonyl (C=O) groups is 4. The zero-order valence-corrected chi connectivity index (χ0v) is 24.4. The zero-order valence-electron chi connectivity index (χ0n) is 24.4. The van der Waals surface area contributed by atoms with Crippen molar-refractivity contribution in [1.29, 1.82) is 0 Å². The lowest BCUT2D eigenvalue weighted by atomic mass is 9.83. The lowest BCUT2D eigenvalue weighted by molar-refractivity contribution is -0.391. The molecule has 3 aromatic rings. The van der Waals surface area contributed by atoms with Gasteiger partial charge in [0, 0.05) is 28.8 Å². The van der Waals surface area contributed by atoms with Crippen LogP contribution in [-0.4, -0.2) is 47.3 Å². The number of ketones is 2. The normalized spacial score (nSPS) is 17.2. The Hall–Kier alpha value is -5.00. The number of hydrogen-bond donors (Lipinski definition) is 2. The van der Waals surface area contributed by atoms with E-state index in [1.807, 2.05) is 12.1 Å². The van der Waals surface area contributed by atoms with Crippen LogP contribution in [0.4, 0.5) is 17.6 Å². The third-order valence-corrected chi connectivity index (χ3v) is 7.90. The summed E-state index contributed by atoms with van der Waals surface area (Å²) in [4.78, 5) is 50.3. The molecule has 1 heterocycles. The van der Waals surface area contributed by atoms with Crippen LogP contribution in [0.3, 0.4) is 0 Å². The number of nitrogens with one attached hydrogen (secondary N) is 1. The summed E-state index contributed by atoms with van der Waals surface area (Å²) in [7, 11) is 0. The largest absolute Gasteiger partial charge is 0.507 e. The predicted octanol–water partition coefficient (Wildman–Crippen LogP) is 7.04. The van der Waals surface area contributed by atoms with Gasteiger partial charge in [-0.2, -0.15) is 17.6 Å². The first-order valence-corrected chi connectivity index (χ1v) is 14.6. The van der Waals surface area contributed by atoms with Crippen molar-refractivity contribution < 1.29 is 51.3 Å². The SMILES string of the molecule is O=C(O)CCNC(=O)c1ccc(C(=O)/C(=C\C(=O)c2ccc3c(c2)OC(F)(F)C(F)(F)O3)c2ccc(C3CCCCC3)cc2)cc1. The lowest BCUT2D eigenvalue weighted by Crippen LogP contribution is -2.52. The van der Waals surface area contributed by atoms with Gasteiger partial charge in [-0.1, -0.05) is 55.7 Å². The number of rotatable bonds is 10. The van der Waals surface area contributed by atoms with Crippen molar-refractivity contribution in [3.63, 3.8) is 0 Å². The fourth-order valence-electron chi connectivity index (χ4n) is 5.40. The predicted molar refractivity (Wildman–Crippen MR) is 158 cm³/mol. The van der Waals surface area contributed by atoms with Gasteiger partial charge >= 0.3 is 18.2 Å². The Labute approximate surface area is 261 Å². The van der Waals surface area contributed by atoms with Crippen molar-refractivity contribution in [3.05, 3.63) is 101 Å². The number of aliphatic carboxylic acids is 1. The van der Waals surface area contributed by atoms with Gasteiger partial charge in [-0.05, 0) is 66.3 Å². The third-order valence-electron chi connectivity index (χ3n) is 7.90. The molecule has 8 nitrogen and oxygen atoms in total. The smallest absolute Gasteiger partial charge is 0.481 e. The van der Waals surface area contributed by atoms with Gasteiger partial charge in [0.25, 0.3) is 5.91 Å². The van der Waals surface area contributed by atoms with Gasteiger partial charge in [0.2, 0.25) is 0 Å². The molecule has 1 aliphatic carbocycles. The Morgan fingerprint density at radius 3 is 1.96 bits per heavy atom. The highest BCUT2D eigenvalue weighted by molar-refractivity contribution is 6.32. The van der Waals surface area contributed by atoms with Crippen LogP contribution < -0.4 is 14.8 Å². The Morgan fingerprint density at radius 2 is 1.33 bits per heavy atom. The number of carboxylic acid groups (broad SMARTS) is 1. The summed E-state index contributed by atoms with van der Waals surface area (Å²) in [5, 5.41) is 11.2. The van der Waals surface area contributed by atoms with Crippen molar-refractivity contribution in [2.24, 2.45) is 0 Å². The molecular weight excluding hydrogens is 610 g/mol. The molecule has 2 aliphatic rings. The highest BCUT2D eigenvalue weighted by Crippen LogP contribution is 2.47. The van der Waals surface area contributed by atoms with Crippen LogP contribution in [0.25, 0.3) is 5.57 Å². The summed E-state index contributed by atoms with van der Waals surface area (Å²) in [6, 6.07) is 15.6. The van der Waals surface area contributed by atoms with Crippen molar-refractivity contribution in [1.82, 2.24) is 5.32 Å². The monoisotopic (exact) mass is 639 g/mol. The lowest BCUT2D eigenvalue weighted by Gasteiger charge is -2.31. The minimum absolute atomic E-state index is 0.0365. The minimum atomic E-state index is -4.97. The first kappa shape index (κ1) is 32.4. The zero-order chi connectivity index (χ0) is 33.1. The van der Waals surface area contributed by atoms with E-state index >= 15 is 0 Å². The van der Waals surface area contributed by atoms with Crippen LogP contribution in [0.1, 0.15) is 86.6 Å². The Morgan fingerprint density at radius 1 is 0.761 bits per heavy atom. The van der Waals surface area contributed by atoms with Crippen molar-refractivity contribution in [2.75, 3.05) is 6.54 Å². The van der Waals surface area contributed by atoms with Gasteiger partial charge in [0.15, 0.2) is 23.1 Å². The Kier molecular flexibility index (Phi) is 9.27. The Bertz CT molecular complexity index is 1680. The van der Waals surface area contributed by atoms with E-state index in [2.05, 4.69) is 14.8 Å². The van der Waals surface area contributed by atoms with Crippen LogP contribution in [0.5, 0.6) is 11.5 Å². The molecule has 1 aliphatic heterocycles. The molecule has 46 heavy (non-hydrogen) atoms. The van der Waals surface area contributed by atoms with Gasteiger partial charge in [0.1, 0.15) is 0 Å². The number of carboxylic acids is 1. The van der Waals surface area contributed by atoms with Gasteiger partial charge in [-0.15, -0.1) is 0 Å². The van der Waals surface area contributed by atoms with Gasteiger partial charge < -0.3 is 19.9 Å². The topological polar surface area (TPSA) is 119 Å². The fraction of sp³-hybridized carbons (Fsp3) is 0.294. The number of hydrogen-bond acceptors (Lipinski definition) is 6. The molecule has 12 heteroatoms. The maximum Gasteiger partial charge on any atom is 0.507 e. The first-order valence-electron chi connectivity index (χ1n) is 14.6. The van der Waals surface area contributed by atoms with E-state index in [0.717, 1.165) is 55.5 Å². The van der Waals surface area contributed by atoms with Crippen LogP contribution in [-0.2, 0) is 4.79 Å². The van der Waals surface area contributed by atoms with E-state index in [1.165, 1.54) is 30.7 Å². The van der Waals surface area contributed by atoms with E-state index in [1.54, 1.807) is 12.1 Å². The molecule has 0 atom stereocenters. The molecule has 240 valence electrons. The summed E-state index contributed by atoms with van der Waals surface area (Å²) in [6.07, 6.45) is -3.60. The van der Waals surface area contributed by atoms with Crippen LogP contribution >= 0.6 is 0 Å². The average Bonchev–Trinajstić information content (AvgIpc) is 3.03. The molecule has 0 radical (unpaired) electrons. The van der Waals surface area contributed by atoms with Crippen LogP contribution in [0.15, 0.2) is 72.8 Å². The second-order valence-corrected chi connectivity index (χ2v) is 11.1. The second kappa shape index (κ2) is 13.2. The van der Waals surface area contributed by atoms with Crippen LogP contribution in [0, 0.1) is 0 Å². The third kappa shape index (κ3) is 7.11. The summed E-state index contributed by atoms with van der Waals surface area (Å²) < 4.78 is 62.9. The molecule has 0 aromatic heterocycles. The highest BCUT2D eigenvalue weighted by atomic mass is 19.3. The summed E-state index contributed by atoms with van der Waals surface area (Å²) in [5.41, 5.74) is 1.55. The van der Waals surface area contributed by atoms with E-state index in [-0.39, 0.29) is 35.2 Å². The van der Waals surface area contributed by atoms with E-state index in [0.29, 0.717) is 11.5 Å². The fourth-order valence-corrected chi connectivity index (χ4v) is 5.40. The molecule has 3 aromatic carbocycles. The minimum Gasteiger partial charge on any atom is -0.481 e. The molecular formula is C34H29F4NO7. The summed E-state index contributed by atoms with van der Waals surface area (Å²) >= 11 is 0. The molecule has 5 rings (SSSR count). The molecule has 0 unspecified atom stereocenters. The molecule has 1 saturated carbocycles. The molecule has 1 amide bonds. The van der Waals surface area contributed by atoms with Gasteiger partial charge in [0.05, 0.1) is 6.42 Å². The number of Topliss-reactive ketones (excluding diaryl/α,β-unsaturated/α-hetero) is 1. The van der Waals surface area contributed by atoms with Crippen molar-refractivity contribution in [2.45, 2.75) is 56.7 Å². The standard InChI is InChI=1S/C34H29F4NO7/c35-33(36)34(37,38)46-29-18-25(14-15-28(29)45-33)27(40)19-26(22-8-6-21(7-9-22)20-4-2-1-3-5-20)31(43)23-10-12-24(13-11-23)32(44)39-17-16-30(41)42/h6-15,18-20H,1-5,16-17H2,(H,39,44)(H,41,42)/b26-19-. The van der Waals surface area contributed by atoms with Gasteiger partial charge in [-0.25, -0.2) is 0 Å². The molecule has 0 bridgehead atoms. The quantitative estimate of drug-likeness (QED) is 0.139. The number of alkyl halides is 4. The average molecular weight is 640 g/mol. The van der Waals surface area contributed by atoms with E-state index in [4.69, 9.17) is 5.11 Å². The Balaban J connectivity index is 1.45. The maximum atomic E-state index is 13.8. The number of amides is 1. The number of carbonyl (C=O) groups excluding carboxylic acids is 3. The number of halogens is 4. The van der Waals surface area contributed by atoms with E-state index in [9.17, 15) is 36.7 Å². The molecule has 0 saturated heterocycles. The number of fused-ring (bicyclic) bond motifs is 1. The number of benzene rings is 3. The molecule has 2 N–H and O–H groups in total. The summed E-state index contributed by atoms with van der Waals surface area (Å²) in [5.74, 6) is -4.05. The highest BCUT2D eigenvalue weighted by Gasteiger charge is 2.66. The molecule has 1 fully saturated rings. The second-order valence-electron chi connectivity index (χ2n) is 11.1. The number of ether oxygens (including phenoxy) is 2. The maximum absolute atomic E-state index is 13.8. The van der Waals surface area contributed by atoms with Crippen molar-refractivity contribution in [3.8, 4) is 11.5 Å². The summed E-state index contributed by atoms with van der Waals surface area (Å²) in [6.45, 7) is -0.0827. The van der Waals surface area contributed by atoms with Gasteiger partial charge in [-0.3, -0.25) is 19.2 Å². The van der Waals surface area contributed by atoms with Crippen LogP contribution in [0.2, 0.25) is 0 Å². The molecule has 0 spiro atoms. The van der Waals surface area contributed by atoms with Crippen molar-refractivity contribution >= 4 is 29.0 Å².